The molecule has 0 aliphatic heterocycles. The Morgan fingerprint density at radius 1 is 1.39 bits per heavy atom. The van der Waals surface area contributed by atoms with E-state index in [0.717, 1.165) is 24.5 Å². The Balaban J connectivity index is 1.64. The maximum absolute atomic E-state index is 11.0. The van der Waals surface area contributed by atoms with Gasteiger partial charge < -0.3 is 20.4 Å². The zero-order valence-electron chi connectivity index (χ0n) is 13.1. The molecule has 2 aromatic rings. The summed E-state index contributed by atoms with van der Waals surface area (Å²) in [5, 5.41) is 18.0. The number of rotatable bonds is 8. The SMILES string of the molecule is COCCn1c(CNCc2n[nH]c(=O)[nH]2)nnc1C1CC(N)C1. The molecule has 0 unspecified atom stereocenters. The Morgan fingerprint density at radius 2 is 2.22 bits per heavy atom. The van der Waals surface area contributed by atoms with Crippen LogP contribution in [0.1, 0.15) is 36.2 Å². The van der Waals surface area contributed by atoms with Gasteiger partial charge in [0.1, 0.15) is 17.5 Å². The number of hydrogen-bond acceptors (Lipinski definition) is 7. The zero-order valence-corrected chi connectivity index (χ0v) is 13.1. The molecular formula is C13H22N8O2. The summed E-state index contributed by atoms with van der Waals surface area (Å²) < 4.78 is 7.28. The summed E-state index contributed by atoms with van der Waals surface area (Å²) in [4.78, 5) is 13.6. The lowest BCUT2D eigenvalue weighted by Gasteiger charge is -2.31. The van der Waals surface area contributed by atoms with Crippen LogP contribution in [0.2, 0.25) is 0 Å². The van der Waals surface area contributed by atoms with E-state index in [1.54, 1.807) is 7.11 Å². The van der Waals surface area contributed by atoms with Crippen LogP contribution in [-0.4, -0.2) is 49.7 Å². The number of nitrogens with zero attached hydrogens (tertiary/aromatic N) is 4. The fraction of sp³-hybridized carbons (Fsp3) is 0.692. The number of methoxy groups -OCH3 is 1. The largest absolute Gasteiger partial charge is 0.383 e. The summed E-state index contributed by atoms with van der Waals surface area (Å²) in [6.07, 6.45) is 1.90. The molecule has 1 saturated carbocycles. The Kier molecular flexibility index (Phi) is 4.84. The van der Waals surface area contributed by atoms with Gasteiger partial charge in [0.25, 0.3) is 0 Å². The lowest BCUT2D eigenvalue weighted by atomic mass is 9.80. The molecule has 126 valence electrons. The average Bonchev–Trinajstić information content (AvgIpc) is 3.08. The molecule has 23 heavy (non-hydrogen) atoms. The van der Waals surface area contributed by atoms with Crippen molar-refractivity contribution in [2.45, 2.75) is 44.4 Å². The van der Waals surface area contributed by atoms with Crippen LogP contribution >= 0.6 is 0 Å². The summed E-state index contributed by atoms with van der Waals surface area (Å²) >= 11 is 0. The minimum Gasteiger partial charge on any atom is -0.383 e. The van der Waals surface area contributed by atoms with Crippen LogP contribution in [0, 0.1) is 0 Å². The summed E-state index contributed by atoms with van der Waals surface area (Å²) in [5.41, 5.74) is 5.57. The maximum atomic E-state index is 11.0. The van der Waals surface area contributed by atoms with Gasteiger partial charge in [-0.2, -0.15) is 5.10 Å². The van der Waals surface area contributed by atoms with Crippen LogP contribution in [0.15, 0.2) is 4.79 Å². The predicted octanol–water partition coefficient (Wildman–Crippen LogP) is -1.17. The third-order valence-electron chi connectivity index (χ3n) is 4.04. The standard InChI is InChI=1S/C13H22N8O2/c1-23-3-2-21-11(7-15-6-10-16-13(22)20-17-10)18-19-12(21)8-4-9(14)5-8/h8-9,15H,2-7,14H2,1H3,(H2,16,17,20,22). The predicted molar refractivity (Wildman–Crippen MR) is 81.6 cm³/mol. The van der Waals surface area contributed by atoms with Crippen molar-refractivity contribution < 1.29 is 4.74 Å². The van der Waals surface area contributed by atoms with Crippen LogP contribution in [-0.2, 0) is 24.4 Å². The molecule has 5 N–H and O–H groups in total. The normalized spacial score (nSPS) is 20.6. The van der Waals surface area contributed by atoms with Crippen molar-refractivity contribution in [3.8, 4) is 0 Å². The van der Waals surface area contributed by atoms with Gasteiger partial charge in [-0.05, 0) is 12.8 Å². The molecule has 10 nitrogen and oxygen atoms in total. The summed E-state index contributed by atoms with van der Waals surface area (Å²) in [7, 11) is 1.68. The van der Waals surface area contributed by atoms with Gasteiger partial charge >= 0.3 is 5.69 Å². The second kappa shape index (κ2) is 7.02. The lowest BCUT2D eigenvalue weighted by molar-refractivity contribution is 0.183. The van der Waals surface area contributed by atoms with Gasteiger partial charge in [0.15, 0.2) is 0 Å². The first-order valence-electron chi connectivity index (χ1n) is 7.68. The van der Waals surface area contributed by atoms with Crippen molar-refractivity contribution in [2.75, 3.05) is 13.7 Å². The van der Waals surface area contributed by atoms with Crippen LogP contribution in [0.25, 0.3) is 0 Å². The number of hydrogen-bond donors (Lipinski definition) is 4. The number of nitrogens with one attached hydrogen (secondary N) is 3. The van der Waals surface area contributed by atoms with Crippen molar-refractivity contribution in [3.05, 3.63) is 28.0 Å². The number of ether oxygens (including phenoxy) is 1. The highest BCUT2D eigenvalue weighted by atomic mass is 16.5. The molecule has 0 aromatic carbocycles. The highest BCUT2D eigenvalue weighted by Gasteiger charge is 2.32. The molecule has 1 fully saturated rings. The maximum Gasteiger partial charge on any atom is 0.340 e. The van der Waals surface area contributed by atoms with E-state index in [0.29, 0.717) is 38.0 Å². The smallest absolute Gasteiger partial charge is 0.340 e. The second-order valence-electron chi connectivity index (χ2n) is 5.78. The van der Waals surface area contributed by atoms with E-state index in [1.165, 1.54) is 0 Å². The fourth-order valence-electron chi connectivity index (χ4n) is 2.76. The Bertz CT molecular complexity index is 684. The number of H-pyrrole nitrogens is 2. The molecule has 1 aliphatic rings. The summed E-state index contributed by atoms with van der Waals surface area (Å²) in [6.45, 7) is 2.29. The van der Waals surface area contributed by atoms with Crippen LogP contribution in [0.5, 0.6) is 0 Å². The van der Waals surface area contributed by atoms with E-state index in [-0.39, 0.29) is 11.7 Å². The first-order chi connectivity index (χ1) is 11.2. The third kappa shape index (κ3) is 3.66. The molecule has 0 amide bonds. The third-order valence-corrected chi connectivity index (χ3v) is 4.04. The molecule has 0 spiro atoms. The van der Waals surface area contributed by atoms with Gasteiger partial charge in [-0.15, -0.1) is 10.2 Å². The minimum absolute atomic E-state index is 0.269. The molecule has 2 heterocycles. The van der Waals surface area contributed by atoms with E-state index in [2.05, 4.69) is 35.3 Å². The van der Waals surface area contributed by atoms with Crippen LogP contribution in [0.4, 0.5) is 0 Å². The number of nitrogens with two attached hydrogens (primary N) is 1. The van der Waals surface area contributed by atoms with Gasteiger partial charge in [0.2, 0.25) is 0 Å². The highest BCUT2D eigenvalue weighted by Crippen LogP contribution is 2.34. The first kappa shape index (κ1) is 15.8. The molecular weight excluding hydrogens is 300 g/mol. The van der Waals surface area contributed by atoms with Crippen molar-refractivity contribution in [2.24, 2.45) is 5.73 Å². The number of aromatic amines is 2. The molecule has 0 bridgehead atoms. The topological polar surface area (TPSA) is 140 Å². The van der Waals surface area contributed by atoms with Crippen molar-refractivity contribution in [1.82, 2.24) is 35.3 Å². The molecule has 3 rings (SSSR count). The van der Waals surface area contributed by atoms with Gasteiger partial charge in [-0.1, -0.05) is 0 Å². The van der Waals surface area contributed by atoms with Crippen LogP contribution < -0.4 is 16.7 Å². The first-order valence-corrected chi connectivity index (χ1v) is 7.68. The highest BCUT2D eigenvalue weighted by molar-refractivity contribution is 5.08. The van der Waals surface area contributed by atoms with Gasteiger partial charge in [-0.3, -0.25) is 4.98 Å². The van der Waals surface area contributed by atoms with E-state index in [4.69, 9.17) is 10.5 Å². The average molecular weight is 322 g/mol. The molecule has 0 atom stereocenters. The van der Waals surface area contributed by atoms with E-state index >= 15 is 0 Å². The second-order valence-corrected chi connectivity index (χ2v) is 5.78. The molecule has 10 heteroatoms. The van der Waals surface area contributed by atoms with E-state index in [1.807, 2.05) is 0 Å². The Morgan fingerprint density at radius 3 is 2.87 bits per heavy atom. The van der Waals surface area contributed by atoms with Crippen LogP contribution in [0.3, 0.4) is 0 Å². The molecule has 2 aromatic heterocycles. The zero-order chi connectivity index (χ0) is 16.2. The molecule has 1 aliphatic carbocycles. The van der Waals surface area contributed by atoms with E-state index in [9.17, 15) is 4.79 Å². The summed E-state index contributed by atoms with van der Waals surface area (Å²) in [6, 6.07) is 0.269. The summed E-state index contributed by atoms with van der Waals surface area (Å²) in [5.74, 6) is 2.76. The Labute approximate surface area is 132 Å². The quantitative estimate of drug-likeness (QED) is 0.480. The lowest BCUT2D eigenvalue weighted by Crippen LogP contribution is -2.36. The molecule has 0 saturated heterocycles. The van der Waals surface area contributed by atoms with Gasteiger partial charge in [0, 0.05) is 25.6 Å². The van der Waals surface area contributed by atoms with Crippen molar-refractivity contribution in [3.63, 3.8) is 0 Å². The van der Waals surface area contributed by atoms with Crippen molar-refractivity contribution >= 4 is 0 Å². The fourth-order valence-corrected chi connectivity index (χ4v) is 2.76. The monoisotopic (exact) mass is 322 g/mol. The van der Waals surface area contributed by atoms with Crippen molar-refractivity contribution in [1.29, 1.82) is 0 Å². The van der Waals surface area contributed by atoms with Gasteiger partial charge in [0.05, 0.1) is 19.7 Å². The molecule has 0 radical (unpaired) electrons. The van der Waals surface area contributed by atoms with E-state index < -0.39 is 0 Å². The Hall–Kier alpha value is -2.04. The van der Waals surface area contributed by atoms with Gasteiger partial charge in [-0.25, -0.2) is 9.89 Å². The number of aromatic nitrogens is 6. The minimum atomic E-state index is -0.311.